The molecular formula is C19H24N4O3. The van der Waals surface area contributed by atoms with Crippen molar-refractivity contribution >= 4 is 23.4 Å². The Balaban J connectivity index is 2.06. The Labute approximate surface area is 153 Å². The highest BCUT2D eigenvalue weighted by atomic mass is 16.5. The molecule has 0 radical (unpaired) electrons. The quantitative estimate of drug-likeness (QED) is 0.556. The van der Waals surface area contributed by atoms with Crippen molar-refractivity contribution in [2.45, 2.75) is 33.6 Å². The Bertz CT molecular complexity index is 760. The number of carbonyl (C=O) groups excluding carboxylic acids is 2. The van der Waals surface area contributed by atoms with E-state index in [9.17, 15) is 9.59 Å². The van der Waals surface area contributed by atoms with E-state index in [1.54, 1.807) is 44.2 Å². The minimum Gasteiger partial charge on any atom is -0.462 e. The third-order valence-corrected chi connectivity index (χ3v) is 3.56. The SMILES string of the molecule is CCCCNc1cc(C(=O)Nc2ccc(C(=O)OCC)cc2)nc(C)n1. The van der Waals surface area contributed by atoms with Crippen LogP contribution in [0.2, 0.25) is 0 Å². The van der Waals surface area contributed by atoms with Crippen molar-refractivity contribution in [1.82, 2.24) is 9.97 Å². The predicted molar refractivity (Wildman–Crippen MR) is 101 cm³/mol. The van der Waals surface area contributed by atoms with E-state index in [4.69, 9.17) is 4.74 Å². The molecule has 0 unspecified atom stereocenters. The Morgan fingerprint density at radius 2 is 1.85 bits per heavy atom. The van der Waals surface area contributed by atoms with E-state index >= 15 is 0 Å². The molecule has 1 aromatic carbocycles. The molecule has 7 heteroatoms. The predicted octanol–water partition coefficient (Wildman–Crippen LogP) is 3.43. The molecule has 0 fully saturated rings. The van der Waals surface area contributed by atoms with Crippen LogP contribution in [0.4, 0.5) is 11.5 Å². The van der Waals surface area contributed by atoms with Gasteiger partial charge in [-0.15, -0.1) is 0 Å². The lowest BCUT2D eigenvalue weighted by Crippen LogP contribution is -2.16. The number of hydrogen-bond donors (Lipinski definition) is 2. The number of nitrogens with zero attached hydrogens (tertiary/aromatic N) is 2. The summed E-state index contributed by atoms with van der Waals surface area (Å²) in [6.07, 6.45) is 2.10. The maximum absolute atomic E-state index is 12.4. The molecule has 0 saturated heterocycles. The number of hydrogen-bond acceptors (Lipinski definition) is 6. The number of esters is 1. The summed E-state index contributed by atoms with van der Waals surface area (Å²) >= 11 is 0. The van der Waals surface area contributed by atoms with Gasteiger partial charge in [0.1, 0.15) is 17.3 Å². The van der Waals surface area contributed by atoms with E-state index in [0.29, 0.717) is 29.5 Å². The summed E-state index contributed by atoms with van der Waals surface area (Å²) in [5.41, 5.74) is 1.29. The highest BCUT2D eigenvalue weighted by Gasteiger charge is 2.12. The standard InChI is InChI=1S/C19H24N4O3/c1-4-6-11-20-17-12-16(21-13(3)22-17)18(24)23-15-9-7-14(8-10-15)19(25)26-5-2/h7-10,12H,4-6,11H2,1-3H3,(H,23,24)(H,20,21,22). The zero-order chi connectivity index (χ0) is 18.9. The van der Waals surface area contributed by atoms with E-state index in [1.165, 1.54) is 0 Å². The number of nitrogens with one attached hydrogen (secondary N) is 2. The zero-order valence-electron chi connectivity index (χ0n) is 15.3. The average Bonchev–Trinajstić information content (AvgIpc) is 2.62. The van der Waals surface area contributed by atoms with Gasteiger partial charge in [0.2, 0.25) is 0 Å². The van der Waals surface area contributed by atoms with E-state index in [2.05, 4.69) is 27.5 Å². The largest absolute Gasteiger partial charge is 0.462 e. The van der Waals surface area contributed by atoms with Gasteiger partial charge in [-0.2, -0.15) is 0 Å². The molecule has 138 valence electrons. The Morgan fingerprint density at radius 1 is 1.12 bits per heavy atom. The van der Waals surface area contributed by atoms with Crippen molar-refractivity contribution in [2.75, 3.05) is 23.8 Å². The molecule has 7 nitrogen and oxygen atoms in total. The maximum atomic E-state index is 12.4. The Morgan fingerprint density at radius 3 is 2.50 bits per heavy atom. The summed E-state index contributed by atoms with van der Waals surface area (Å²) in [5.74, 6) is 0.431. The Kier molecular flexibility index (Phi) is 7.08. The molecule has 0 aliphatic rings. The molecule has 0 aliphatic heterocycles. The summed E-state index contributed by atoms with van der Waals surface area (Å²) in [6, 6.07) is 8.15. The lowest BCUT2D eigenvalue weighted by Gasteiger charge is -2.09. The van der Waals surface area contributed by atoms with Gasteiger partial charge in [-0.25, -0.2) is 14.8 Å². The van der Waals surface area contributed by atoms with Gasteiger partial charge in [-0.05, 0) is 44.5 Å². The minimum atomic E-state index is -0.389. The van der Waals surface area contributed by atoms with Crippen molar-refractivity contribution in [3.8, 4) is 0 Å². The van der Waals surface area contributed by atoms with Crippen LogP contribution in [0.25, 0.3) is 0 Å². The van der Waals surface area contributed by atoms with Crippen molar-refractivity contribution in [3.63, 3.8) is 0 Å². The number of amides is 1. The van der Waals surface area contributed by atoms with Crippen molar-refractivity contribution in [3.05, 3.63) is 47.4 Å². The third kappa shape index (κ3) is 5.54. The number of benzene rings is 1. The topological polar surface area (TPSA) is 93.2 Å². The molecule has 2 N–H and O–H groups in total. The summed E-state index contributed by atoms with van der Waals surface area (Å²) in [5, 5.41) is 5.96. The monoisotopic (exact) mass is 356 g/mol. The maximum Gasteiger partial charge on any atom is 0.338 e. The van der Waals surface area contributed by atoms with E-state index in [1.807, 2.05) is 0 Å². The van der Waals surface area contributed by atoms with Gasteiger partial charge in [-0.3, -0.25) is 4.79 Å². The molecule has 0 spiro atoms. The molecule has 1 amide bonds. The van der Waals surface area contributed by atoms with Crippen LogP contribution in [0.15, 0.2) is 30.3 Å². The lowest BCUT2D eigenvalue weighted by molar-refractivity contribution is 0.0526. The number of unbranched alkanes of at least 4 members (excludes halogenated alkanes) is 1. The van der Waals surface area contributed by atoms with Crippen LogP contribution in [0.5, 0.6) is 0 Å². The van der Waals surface area contributed by atoms with Crippen LogP contribution >= 0.6 is 0 Å². The first-order valence-corrected chi connectivity index (χ1v) is 8.71. The fourth-order valence-corrected chi connectivity index (χ4v) is 2.27. The third-order valence-electron chi connectivity index (χ3n) is 3.56. The van der Waals surface area contributed by atoms with Crippen LogP contribution in [-0.2, 0) is 4.74 Å². The second-order valence-electron chi connectivity index (χ2n) is 5.72. The second kappa shape index (κ2) is 9.50. The fraction of sp³-hybridized carbons (Fsp3) is 0.368. The normalized spacial score (nSPS) is 10.3. The van der Waals surface area contributed by atoms with Crippen LogP contribution in [0.1, 0.15) is 53.4 Å². The van der Waals surface area contributed by atoms with Gasteiger partial charge < -0.3 is 15.4 Å². The highest BCUT2D eigenvalue weighted by Crippen LogP contribution is 2.13. The Hall–Kier alpha value is -2.96. The molecular weight excluding hydrogens is 332 g/mol. The molecule has 2 aromatic rings. The molecule has 1 heterocycles. The molecule has 0 atom stereocenters. The molecule has 0 aliphatic carbocycles. The molecule has 1 aromatic heterocycles. The summed E-state index contributed by atoms with van der Waals surface area (Å²) < 4.78 is 4.93. The summed E-state index contributed by atoms with van der Waals surface area (Å²) in [4.78, 5) is 32.6. The van der Waals surface area contributed by atoms with Crippen molar-refractivity contribution in [2.24, 2.45) is 0 Å². The van der Waals surface area contributed by atoms with Gasteiger partial charge in [0.25, 0.3) is 5.91 Å². The van der Waals surface area contributed by atoms with E-state index in [0.717, 1.165) is 19.4 Å². The fourth-order valence-electron chi connectivity index (χ4n) is 2.27. The number of rotatable bonds is 8. The average molecular weight is 356 g/mol. The number of aryl methyl sites for hydroxylation is 1. The first kappa shape index (κ1) is 19.4. The van der Waals surface area contributed by atoms with Crippen molar-refractivity contribution < 1.29 is 14.3 Å². The zero-order valence-corrected chi connectivity index (χ0v) is 15.3. The first-order valence-electron chi connectivity index (χ1n) is 8.71. The smallest absolute Gasteiger partial charge is 0.338 e. The summed E-state index contributed by atoms with van der Waals surface area (Å²) in [7, 11) is 0. The molecule has 0 saturated carbocycles. The molecule has 26 heavy (non-hydrogen) atoms. The van der Waals surface area contributed by atoms with Crippen molar-refractivity contribution in [1.29, 1.82) is 0 Å². The highest BCUT2D eigenvalue weighted by molar-refractivity contribution is 6.03. The van der Waals surface area contributed by atoms with Gasteiger partial charge in [0.05, 0.1) is 12.2 Å². The molecule has 2 rings (SSSR count). The lowest BCUT2D eigenvalue weighted by atomic mass is 10.2. The van der Waals surface area contributed by atoms with Crippen LogP contribution in [-0.4, -0.2) is 35.0 Å². The number of anilines is 2. The molecule has 0 bridgehead atoms. The number of carbonyl (C=O) groups is 2. The minimum absolute atomic E-state index is 0.283. The number of ether oxygens (including phenoxy) is 1. The van der Waals surface area contributed by atoms with Crippen LogP contribution in [0, 0.1) is 6.92 Å². The van der Waals surface area contributed by atoms with Crippen LogP contribution in [0.3, 0.4) is 0 Å². The van der Waals surface area contributed by atoms with Gasteiger partial charge in [0.15, 0.2) is 0 Å². The van der Waals surface area contributed by atoms with Gasteiger partial charge >= 0.3 is 5.97 Å². The van der Waals surface area contributed by atoms with Gasteiger partial charge in [0, 0.05) is 18.3 Å². The van der Waals surface area contributed by atoms with E-state index < -0.39 is 0 Å². The van der Waals surface area contributed by atoms with Gasteiger partial charge in [-0.1, -0.05) is 13.3 Å². The van der Waals surface area contributed by atoms with Crippen LogP contribution < -0.4 is 10.6 Å². The first-order chi connectivity index (χ1) is 12.5. The second-order valence-corrected chi connectivity index (χ2v) is 5.72. The van der Waals surface area contributed by atoms with E-state index in [-0.39, 0.29) is 17.6 Å². The summed E-state index contributed by atoms with van der Waals surface area (Å²) in [6.45, 7) is 6.72. The number of aromatic nitrogens is 2.